The van der Waals surface area contributed by atoms with Crippen LogP contribution in [0, 0.1) is 0 Å². The number of allylic oxidation sites excluding steroid dienone is 2. The lowest BCUT2D eigenvalue weighted by Gasteiger charge is -2.04. The van der Waals surface area contributed by atoms with Gasteiger partial charge in [0, 0.05) is 11.8 Å². The van der Waals surface area contributed by atoms with Gasteiger partial charge in [-0.1, -0.05) is 38.0 Å². The van der Waals surface area contributed by atoms with E-state index in [1.807, 2.05) is 6.07 Å². The highest BCUT2D eigenvalue weighted by molar-refractivity contribution is 5.60. The lowest BCUT2D eigenvalue weighted by atomic mass is 10.1. The molecular formula is C15H21NO3. The Labute approximate surface area is 114 Å². The predicted octanol–water partition coefficient (Wildman–Crippen LogP) is 4.21. The van der Waals surface area contributed by atoms with Gasteiger partial charge in [0.05, 0.1) is 0 Å². The van der Waals surface area contributed by atoms with Crippen molar-refractivity contribution in [3.05, 3.63) is 36.0 Å². The summed E-state index contributed by atoms with van der Waals surface area (Å²) in [5.74, 6) is 0.189. The van der Waals surface area contributed by atoms with E-state index in [0.29, 0.717) is 0 Å². The van der Waals surface area contributed by atoms with Gasteiger partial charge in [-0.3, -0.25) is 0 Å². The number of aromatic nitrogens is 1. The fraction of sp³-hybridized carbons (Fsp3) is 0.467. The molecule has 19 heavy (non-hydrogen) atoms. The Balaban J connectivity index is 2.38. The molecular weight excluding hydrogens is 242 g/mol. The number of nitrogens with zero attached hydrogens (tertiary/aromatic N) is 1. The molecule has 0 aromatic carbocycles. The predicted molar refractivity (Wildman–Crippen MR) is 74.5 cm³/mol. The smallest absolute Gasteiger partial charge is 0.449 e. The summed E-state index contributed by atoms with van der Waals surface area (Å²) in [7, 11) is 0. The average Bonchev–Trinajstić information content (AvgIpc) is 2.39. The number of hydrogen-bond donors (Lipinski definition) is 1. The second-order valence-corrected chi connectivity index (χ2v) is 4.34. The summed E-state index contributed by atoms with van der Waals surface area (Å²) >= 11 is 0. The van der Waals surface area contributed by atoms with E-state index in [2.05, 4.69) is 28.8 Å². The Morgan fingerprint density at radius 1 is 1.37 bits per heavy atom. The molecule has 0 amide bonds. The van der Waals surface area contributed by atoms with Crippen molar-refractivity contribution in [1.82, 2.24) is 4.98 Å². The number of carboxylic acid groups (broad SMARTS) is 1. The Hall–Kier alpha value is -1.84. The Morgan fingerprint density at radius 2 is 2.16 bits per heavy atom. The van der Waals surface area contributed by atoms with Crippen LogP contribution < -0.4 is 4.74 Å². The summed E-state index contributed by atoms with van der Waals surface area (Å²) in [6.45, 7) is 2.19. The van der Waals surface area contributed by atoms with Crippen molar-refractivity contribution >= 4 is 6.16 Å². The van der Waals surface area contributed by atoms with Crippen LogP contribution in [0.15, 0.2) is 30.5 Å². The zero-order chi connectivity index (χ0) is 13.9. The zero-order valence-corrected chi connectivity index (χ0v) is 11.3. The molecule has 1 heterocycles. The largest absolute Gasteiger partial charge is 0.512 e. The summed E-state index contributed by atoms with van der Waals surface area (Å²) in [5, 5.41) is 8.61. The van der Waals surface area contributed by atoms with Crippen LogP contribution in [0.4, 0.5) is 4.79 Å². The molecule has 0 saturated carbocycles. The van der Waals surface area contributed by atoms with E-state index in [4.69, 9.17) is 5.11 Å². The minimum Gasteiger partial charge on any atom is -0.449 e. The maximum absolute atomic E-state index is 10.5. The van der Waals surface area contributed by atoms with E-state index in [1.54, 1.807) is 6.07 Å². The van der Waals surface area contributed by atoms with Gasteiger partial charge in [0.15, 0.2) is 0 Å². The topological polar surface area (TPSA) is 59.4 Å². The summed E-state index contributed by atoms with van der Waals surface area (Å²) in [5.41, 5.74) is 0.822. The monoisotopic (exact) mass is 263 g/mol. The van der Waals surface area contributed by atoms with E-state index < -0.39 is 6.16 Å². The number of ether oxygens (including phenoxy) is 1. The van der Waals surface area contributed by atoms with Crippen molar-refractivity contribution in [2.24, 2.45) is 0 Å². The van der Waals surface area contributed by atoms with Gasteiger partial charge in [-0.2, -0.15) is 0 Å². The van der Waals surface area contributed by atoms with Crippen LogP contribution in [0.1, 0.15) is 44.6 Å². The van der Waals surface area contributed by atoms with Gasteiger partial charge < -0.3 is 9.84 Å². The Bertz CT molecular complexity index is 416. The second kappa shape index (κ2) is 9.14. The van der Waals surface area contributed by atoms with Crippen molar-refractivity contribution in [1.29, 1.82) is 0 Å². The molecule has 0 spiro atoms. The molecule has 0 fully saturated rings. The second-order valence-electron chi connectivity index (χ2n) is 4.34. The first-order valence-corrected chi connectivity index (χ1v) is 6.73. The number of rotatable bonds is 8. The van der Waals surface area contributed by atoms with Crippen LogP contribution in [0.5, 0.6) is 5.88 Å². The molecule has 1 N–H and O–H groups in total. The normalized spacial score (nSPS) is 10.8. The highest BCUT2D eigenvalue weighted by Gasteiger charge is 2.07. The molecule has 104 valence electrons. The fourth-order valence-corrected chi connectivity index (χ4v) is 1.78. The minimum absolute atomic E-state index is 0.189. The van der Waals surface area contributed by atoms with E-state index in [-0.39, 0.29) is 5.88 Å². The highest BCUT2D eigenvalue weighted by atomic mass is 16.7. The van der Waals surface area contributed by atoms with Crippen LogP contribution in [-0.2, 0) is 6.42 Å². The highest BCUT2D eigenvalue weighted by Crippen LogP contribution is 2.16. The van der Waals surface area contributed by atoms with E-state index in [1.165, 1.54) is 25.5 Å². The molecule has 1 aromatic rings. The van der Waals surface area contributed by atoms with Crippen LogP contribution in [0.25, 0.3) is 0 Å². The van der Waals surface area contributed by atoms with Crippen molar-refractivity contribution in [3.63, 3.8) is 0 Å². The van der Waals surface area contributed by atoms with Gasteiger partial charge in [-0.05, 0) is 31.7 Å². The molecule has 1 aromatic heterocycles. The molecule has 1 rings (SSSR count). The maximum Gasteiger partial charge on any atom is 0.512 e. The summed E-state index contributed by atoms with van der Waals surface area (Å²) in [4.78, 5) is 14.5. The molecule has 4 heteroatoms. The van der Waals surface area contributed by atoms with E-state index in [0.717, 1.165) is 24.8 Å². The molecule has 4 nitrogen and oxygen atoms in total. The lowest BCUT2D eigenvalue weighted by Crippen LogP contribution is -2.06. The molecule has 0 aliphatic rings. The Kier molecular flexibility index (Phi) is 7.32. The van der Waals surface area contributed by atoms with Crippen molar-refractivity contribution in [2.75, 3.05) is 0 Å². The van der Waals surface area contributed by atoms with Crippen molar-refractivity contribution in [2.45, 2.75) is 45.4 Å². The first-order valence-electron chi connectivity index (χ1n) is 6.73. The van der Waals surface area contributed by atoms with Gasteiger partial charge in [0.2, 0.25) is 5.88 Å². The Morgan fingerprint density at radius 3 is 2.89 bits per heavy atom. The third-order valence-corrected chi connectivity index (χ3v) is 2.76. The molecule has 0 bridgehead atoms. The molecule has 0 aliphatic heterocycles. The number of aryl methyl sites for hydroxylation is 1. The first-order chi connectivity index (χ1) is 9.24. The van der Waals surface area contributed by atoms with Crippen molar-refractivity contribution in [3.8, 4) is 5.88 Å². The summed E-state index contributed by atoms with van der Waals surface area (Å²) < 4.78 is 4.64. The van der Waals surface area contributed by atoms with Crippen LogP contribution in [-0.4, -0.2) is 16.2 Å². The van der Waals surface area contributed by atoms with Crippen molar-refractivity contribution < 1.29 is 14.6 Å². The molecule has 0 aliphatic carbocycles. The summed E-state index contributed by atoms with van der Waals surface area (Å²) in [6, 6.07) is 3.63. The van der Waals surface area contributed by atoms with E-state index in [9.17, 15) is 4.79 Å². The van der Waals surface area contributed by atoms with Crippen LogP contribution >= 0.6 is 0 Å². The number of hydrogen-bond acceptors (Lipinski definition) is 3. The SMILES string of the molecule is CCCCC/C=C/CCc1cccnc1OC(=O)O. The number of carbonyl (C=O) groups is 1. The lowest BCUT2D eigenvalue weighted by molar-refractivity contribution is 0.142. The van der Waals surface area contributed by atoms with Gasteiger partial charge in [0.1, 0.15) is 0 Å². The average molecular weight is 263 g/mol. The molecule has 0 atom stereocenters. The van der Waals surface area contributed by atoms with Gasteiger partial charge in [-0.25, -0.2) is 9.78 Å². The number of unbranched alkanes of at least 4 members (excludes halogenated alkanes) is 3. The van der Waals surface area contributed by atoms with Gasteiger partial charge >= 0.3 is 6.16 Å². The molecule has 0 radical (unpaired) electrons. The molecule has 0 unspecified atom stereocenters. The van der Waals surface area contributed by atoms with Gasteiger partial charge in [0.25, 0.3) is 0 Å². The third kappa shape index (κ3) is 6.60. The maximum atomic E-state index is 10.5. The minimum atomic E-state index is -1.32. The first kappa shape index (κ1) is 15.2. The summed E-state index contributed by atoms with van der Waals surface area (Å²) in [6.07, 6.45) is 11.0. The van der Waals surface area contributed by atoms with Crippen LogP contribution in [0.2, 0.25) is 0 Å². The van der Waals surface area contributed by atoms with Crippen LogP contribution in [0.3, 0.4) is 0 Å². The quantitative estimate of drug-likeness (QED) is 0.433. The fourth-order valence-electron chi connectivity index (χ4n) is 1.78. The molecule has 0 saturated heterocycles. The van der Waals surface area contributed by atoms with E-state index >= 15 is 0 Å². The third-order valence-electron chi connectivity index (χ3n) is 2.76. The zero-order valence-electron chi connectivity index (χ0n) is 11.3. The number of pyridine rings is 1. The standard InChI is InChI=1S/C15H21NO3/c1-2-3-4-5-6-7-8-10-13-11-9-12-16-14(13)19-15(17)18/h6-7,9,11-12H,2-5,8,10H2,1H3,(H,17,18)/b7-6+. The van der Waals surface area contributed by atoms with Gasteiger partial charge in [-0.15, -0.1) is 0 Å².